The Morgan fingerprint density at radius 1 is 1.43 bits per heavy atom. The van der Waals surface area contributed by atoms with E-state index in [1.807, 2.05) is 4.90 Å². The summed E-state index contributed by atoms with van der Waals surface area (Å²) in [4.78, 5) is 25.4. The Morgan fingerprint density at radius 2 is 2.21 bits per heavy atom. The maximum Gasteiger partial charge on any atom is 0.407 e. The van der Waals surface area contributed by atoms with Gasteiger partial charge in [0.05, 0.1) is 0 Å². The van der Waals surface area contributed by atoms with Crippen molar-refractivity contribution >= 4 is 12.0 Å². The Labute approximate surface area is 82.3 Å². The Bertz CT molecular complexity index is 267. The van der Waals surface area contributed by atoms with Crippen LogP contribution < -0.4 is 0 Å². The molecule has 78 valence electrons. The second-order valence-corrected chi connectivity index (χ2v) is 3.86. The van der Waals surface area contributed by atoms with Crippen molar-refractivity contribution in [3.05, 3.63) is 0 Å². The largest absolute Gasteiger partial charge is 0.465 e. The van der Waals surface area contributed by atoms with Crippen molar-refractivity contribution in [3.63, 3.8) is 0 Å². The first-order chi connectivity index (χ1) is 6.68. The average molecular weight is 198 g/mol. The molecule has 14 heavy (non-hydrogen) atoms. The molecule has 1 N–H and O–H groups in total. The van der Waals surface area contributed by atoms with Crippen LogP contribution >= 0.6 is 0 Å². The number of nitrogens with zero attached hydrogens (tertiary/aromatic N) is 2. The van der Waals surface area contributed by atoms with Gasteiger partial charge >= 0.3 is 6.09 Å². The molecule has 2 saturated heterocycles. The maximum absolute atomic E-state index is 11.5. The van der Waals surface area contributed by atoms with E-state index in [0.717, 1.165) is 12.8 Å². The third-order valence-electron chi connectivity index (χ3n) is 3.00. The molecule has 0 aliphatic carbocycles. The normalized spacial score (nSPS) is 27.4. The highest BCUT2D eigenvalue weighted by atomic mass is 16.4. The Balaban J connectivity index is 2.03. The first kappa shape index (κ1) is 9.30. The molecule has 0 aromatic heterocycles. The number of carbonyl (C=O) groups is 2. The van der Waals surface area contributed by atoms with Gasteiger partial charge in [0.25, 0.3) is 0 Å². The molecule has 2 fully saturated rings. The standard InChI is InChI=1S/C9H14N2O3/c12-8-3-1-2-7-6-10(9(13)14)4-5-11(7)8/h7H,1-6H2,(H,13,14)/t7-/m0/s1. The number of piperidine rings is 1. The molecule has 0 radical (unpaired) electrons. The van der Waals surface area contributed by atoms with Crippen LogP contribution in [0.15, 0.2) is 0 Å². The van der Waals surface area contributed by atoms with Crippen LogP contribution in [-0.4, -0.2) is 52.6 Å². The molecular formula is C9H14N2O3. The van der Waals surface area contributed by atoms with Crippen LogP contribution in [0.25, 0.3) is 0 Å². The minimum Gasteiger partial charge on any atom is -0.465 e. The van der Waals surface area contributed by atoms with Crippen LogP contribution in [-0.2, 0) is 4.79 Å². The zero-order valence-corrected chi connectivity index (χ0v) is 7.98. The molecule has 2 rings (SSSR count). The fraction of sp³-hybridized carbons (Fsp3) is 0.778. The number of carboxylic acid groups (broad SMARTS) is 1. The van der Waals surface area contributed by atoms with Gasteiger partial charge in [-0.3, -0.25) is 4.79 Å². The Hall–Kier alpha value is -1.26. The topological polar surface area (TPSA) is 60.9 Å². The summed E-state index contributed by atoms with van der Waals surface area (Å²) in [7, 11) is 0. The molecule has 0 bridgehead atoms. The van der Waals surface area contributed by atoms with Gasteiger partial charge in [0, 0.05) is 32.1 Å². The molecule has 0 aromatic carbocycles. The Kier molecular flexibility index (Phi) is 2.31. The van der Waals surface area contributed by atoms with Crippen molar-refractivity contribution < 1.29 is 14.7 Å². The van der Waals surface area contributed by atoms with Crippen LogP contribution in [0.3, 0.4) is 0 Å². The number of rotatable bonds is 0. The predicted molar refractivity (Wildman–Crippen MR) is 48.9 cm³/mol. The van der Waals surface area contributed by atoms with Gasteiger partial charge in [-0.1, -0.05) is 0 Å². The zero-order chi connectivity index (χ0) is 10.1. The van der Waals surface area contributed by atoms with Crippen molar-refractivity contribution in [3.8, 4) is 0 Å². The third-order valence-corrected chi connectivity index (χ3v) is 3.00. The van der Waals surface area contributed by atoms with E-state index in [4.69, 9.17) is 5.11 Å². The van der Waals surface area contributed by atoms with Crippen molar-refractivity contribution in [1.82, 2.24) is 9.80 Å². The second-order valence-electron chi connectivity index (χ2n) is 3.86. The fourth-order valence-electron chi connectivity index (χ4n) is 2.24. The molecule has 0 saturated carbocycles. The molecule has 0 unspecified atom stereocenters. The highest BCUT2D eigenvalue weighted by molar-refractivity contribution is 5.77. The minimum absolute atomic E-state index is 0.126. The summed E-state index contributed by atoms with van der Waals surface area (Å²) in [5.41, 5.74) is 0. The zero-order valence-electron chi connectivity index (χ0n) is 7.98. The summed E-state index contributed by atoms with van der Waals surface area (Å²) >= 11 is 0. The summed E-state index contributed by atoms with van der Waals surface area (Å²) in [6, 6.07) is 0.126. The van der Waals surface area contributed by atoms with E-state index in [1.54, 1.807) is 0 Å². The van der Waals surface area contributed by atoms with Crippen molar-refractivity contribution in [2.45, 2.75) is 25.3 Å². The van der Waals surface area contributed by atoms with Crippen LogP contribution in [0.4, 0.5) is 4.79 Å². The second kappa shape index (κ2) is 3.48. The average Bonchev–Trinajstić information content (AvgIpc) is 2.17. The van der Waals surface area contributed by atoms with Crippen LogP contribution in [0, 0.1) is 0 Å². The lowest BCUT2D eigenvalue weighted by Gasteiger charge is -2.42. The quantitative estimate of drug-likeness (QED) is 0.611. The van der Waals surface area contributed by atoms with E-state index >= 15 is 0 Å². The van der Waals surface area contributed by atoms with Crippen LogP contribution in [0.2, 0.25) is 0 Å². The number of hydrogen-bond acceptors (Lipinski definition) is 2. The van der Waals surface area contributed by atoms with Gasteiger partial charge in [0.15, 0.2) is 0 Å². The lowest BCUT2D eigenvalue weighted by molar-refractivity contribution is -0.139. The van der Waals surface area contributed by atoms with Gasteiger partial charge in [-0.25, -0.2) is 4.79 Å². The first-order valence-corrected chi connectivity index (χ1v) is 4.96. The van der Waals surface area contributed by atoms with Crippen molar-refractivity contribution in [2.24, 2.45) is 0 Å². The molecule has 2 heterocycles. The summed E-state index contributed by atoms with van der Waals surface area (Å²) in [5.74, 6) is 0.186. The molecular weight excluding hydrogens is 184 g/mol. The molecule has 1 atom stereocenters. The SMILES string of the molecule is O=C(O)N1CCN2C(=O)CCC[C@H]2C1. The van der Waals surface area contributed by atoms with E-state index in [1.165, 1.54) is 4.90 Å². The minimum atomic E-state index is -0.873. The molecule has 5 nitrogen and oxygen atoms in total. The number of carbonyl (C=O) groups excluding carboxylic acids is 1. The van der Waals surface area contributed by atoms with Crippen LogP contribution in [0.1, 0.15) is 19.3 Å². The fourth-order valence-corrected chi connectivity index (χ4v) is 2.24. The van der Waals surface area contributed by atoms with Gasteiger partial charge in [-0.2, -0.15) is 0 Å². The van der Waals surface area contributed by atoms with E-state index in [2.05, 4.69) is 0 Å². The highest BCUT2D eigenvalue weighted by Gasteiger charge is 2.34. The molecule has 2 aliphatic heterocycles. The Morgan fingerprint density at radius 3 is 2.93 bits per heavy atom. The molecule has 2 amide bonds. The smallest absolute Gasteiger partial charge is 0.407 e. The van der Waals surface area contributed by atoms with Crippen molar-refractivity contribution in [2.75, 3.05) is 19.6 Å². The molecule has 5 heteroatoms. The van der Waals surface area contributed by atoms with Gasteiger partial charge in [-0.05, 0) is 12.8 Å². The molecule has 2 aliphatic rings. The van der Waals surface area contributed by atoms with Gasteiger partial charge in [0.1, 0.15) is 0 Å². The summed E-state index contributed by atoms with van der Waals surface area (Å²) in [6.07, 6.45) is 1.59. The van der Waals surface area contributed by atoms with Gasteiger partial charge in [-0.15, -0.1) is 0 Å². The first-order valence-electron chi connectivity index (χ1n) is 4.96. The number of fused-ring (bicyclic) bond motifs is 1. The third kappa shape index (κ3) is 1.54. The van der Waals surface area contributed by atoms with E-state index < -0.39 is 6.09 Å². The highest BCUT2D eigenvalue weighted by Crippen LogP contribution is 2.21. The molecule has 0 aromatic rings. The number of amides is 2. The molecule has 0 spiro atoms. The monoisotopic (exact) mass is 198 g/mol. The van der Waals surface area contributed by atoms with E-state index in [0.29, 0.717) is 26.1 Å². The lowest BCUT2D eigenvalue weighted by atomic mass is 9.99. The number of piperazine rings is 1. The van der Waals surface area contributed by atoms with Gasteiger partial charge in [0.2, 0.25) is 5.91 Å². The maximum atomic E-state index is 11.5. The van der Waals surface area contributed by atoms with Gasteiger partial charge < -0.3 is 14.9 Å². The van der Waals surface area contributed by atoms with Crippen molar-refractivity contribution in [1.29, 1.82) is 0 Å². The lowest BCUT2D eigenvalue weighted by Crippen LogP contribution is -2.57. The predicted octanol–water partition coefficient (Wildman–Crippen LogP) is 0.361. The number of hydrogen-bond donors (Lipinski definition) is 1. The van der Waals surface area contributed by atoms with Crippen LogP contribution in [0.5, 0.6) is 0 Å². The summed E-state index contributed by atoms with van der Waals surface area (Å²) in [5, 5.41) is 8.82. The van der Waals surface area contributed by atoms with E-state index in [9.17, 15) is 9.59 Å². The summed E-state index contributed by atoms with van der Waals surface area (Å²) < 4.78 is 0. The summed E-state index contributed by atoms with van der Waals surface area (Å²) in [6.45, 7) is 1.51. The van der Waals surface area contributed by atoms with E-state index in [-0.39, 0.29) is 11.9 Å².